The molecule has 182 valence electrons. The maximum absolute atomic E-state index is 13.5. The Morgan fingerprint density at radius 3 is 2.31 bits per heavy atom. The summed E-state index contributed by atoms with van der Waals surface area (Å²) in [7, 11) is 2.98. The molecule has 2 unspecified atom stereocenters. The molecule has 0 spiro atoms. The molecule has 1 aliphatic rings. The first-order valence-electron chi connectivity index (χ1n) is 11.3. The summed E-state index contributed by atoms with van der Waals surface area (Å²) >= 11 is 0. The van der Waals surface area contributed by atoms with Crippen LogP contribution in [-0.2, 0) is 26.9 Å². The number of esters is 1. The average Bonchev–Trinajstić information content (AvgIpc) is 2.86. The fourth-order valence-electron chi connectivity index (χ4n) is 4.41. The smallest absolute Gasteiger partial charge is 0.411 e. The van der Waals surface area contributed by atoms with Crippen molar-refractivity contribution in [1.29, 1.82) is 0 Å². The third-order valence-corrected chi connectivity index (χ3v) is 6.58. The number of cyclic esters (lactones) is 1. The lowest BCUT2D eigenvalue weighted by Gasteiger charge is -2.43. The van der Waals surface area contributed by atoms with Crippen LogP contribution in [0.1, 0.15) is 36.9 Å². The fraction of sp³-hybridized carbons (Fsp3) is 0.296. The van der Waals surface area contributed by atoms with Gasteiger partial charge < -0.3 is 18.9 Å². The highest BCUT2D eigenvalue weighted by molar-refractivity contribution is 5.74. The summed E-state index contributed by atoms with van der Waals surface area (Å²) in [4.78, 5) is 38.5. The Balaban J connectivity index is 1.54. The number of carbonyl (C=O) groups is 2. The van der Waals surface area contributed by atoms with E-state index in [0.717, 1.165) is 16.7 Å². The number of benzene rings is 2. The highest BCUT2D eigenvalue weighted by atomic mass is 19.1. The van der Waals surface area contributed by atoms with Crippen LogP contribution in [0, 0.1) is 5.82 Å². The maximum atomic E-state index is 13.5. The minimum absolute atomic E-state index is 0.0773. The Kier molecular flexibility index (Phi) is 6.73. The molecular formula is C27H27FN2O5. The van der Waals surface area contributed by atoms with Crippen LogP contribution in [-0.4, -0.2) is 35.2 Å². The largest absolute Gasteiger partial charge is 0.469 e. The van der Waals surface area contributed by atoms with Gasteiger partial charge in [0.15, 0.2) is 5.60 Å². The van der Waals surface area contributed by atoms with Crippen molar-refractivity contribution in [2.75, 3.05) is 13.7 Å². The van der Waals surface area contributed by atoms with Gasteiger partial charge in [0.05, 0.1) is 19.6 Å². The number of hydrogen-bond acceptors (Lipinski definition) is 5. The van der Waals surface area contributed by atoms with Crippen molar-refractivity contribution in [2.24, 2.45) is 7.05 Å². The van der Waals surface area contributed by atoms with Crippen LogP contribution in [0.25, 0.3) is 11.1 Å². The van der Waals surface area contributed by atoms with Crippen LogP contribution in [0.4, 0.5) is 9.18 Å². The number of ether oxygens (including phenoxy) is 2. The van der Waals surface area contributed by atoms with Crippen molar-refractivity contribution < 1.29 is 23.5 Å². The Morgan fingerprint density at radius 1 is 1.06 bits per heavy atom. The van der Waals surface area contributed by atoms with Crippen LogP contribution in [0.15, 0.2) is 71.7 Å². The Morgan fingerprint density at radius 2 is 1.71 bits per heavy atom. The summed E-state index contributed by atoms with van der Waals surface area (Å²) in [6.07, 6.45) is 1.41. The quantitative estimate of drug-likeness (QED) is 0.486. The first-order valence-corrected chi connectivity index (χ1v) is 11.3. The van der Waals surface area contributed by atoms with Gasteiger partial charge in [0.2, 0.25) is 5.56 Å². The number of hydrogen-bond donors (Lipinski definition) is 0. The standard InChI is InChI=1S/C27H27FN2O5/c1-18(19-4-6-20(7-5-19)21-8-13-24(31)29(2)17-21)30-15-14-27(35-26(30)33,16-25(32)34-3)22-9-11-23(28)12-10-22/h4-13,17-18H,14-16H2,1-3H3. The van der Waals surface area contributed by atoms with E-state index < -0.39 is 23.5 Å². The molecule has 2 atom stereocenters. The van der Waals surface area contributed by atoms with Gasteiger partial charge in [0.25, 0.3) is 0 Å². The predicted molar refractivity (Wildman–Crippen MR) is 128 cm³/mol. The van der Waals surface area contributed by atoms with Gasteiger partial charge in [-0.15, -0.1) is 0 Å². The van der Waals surface area contributed by atoms with Gasteiger partial charge in [0.1, 0.15) is 5.82 Å². The molecule has 7 nitrogen and oxygen atoms in total. The van der Waals surface area contributed by atoms with Gasteiger partial charge in [-0.25, -0.2) is 9.18 Å². The van der Waals surface area contributed by atoms with E-state index in [0.29, 0.717) is 18.5 Å². The van der Waals surface area contributed by atoms with Crippen LogP contribution < -0.4 is 5.56 Å². The molecule has 1 aliphatic heterocycles. The second kappa shape index (κ2) is 9.74. The average molecular weight is 479 g/mol. The number of methoxy groups -OCH3 is 1. The summed E-state index contributed by atoms with van der Waals surface area (Å²) in [6, 6.07) is 16.4. The van der Waals surface area contributed by atoms with Crippen molar-refractivity contribution in [3.63, 3.8) is 0 Å². The van der Waals surface area contributed by atoms with Crippen LogP contribution in [0.2, 0.25) is 0 Å². The minimum atomic E-state index is -1.22. The van der Waals surface area contributed by atoms with E-state index in [2.05, 4.69) is 0 Å². The summed E-state index contributed by atoms with van der Waals surface area (Å²) in [6.45, 7) is 2.25. The molecule has 2 aromatic carbocycles. The van der Waals surface area contributed by atoms with Crippen molar-refractivity contribution in [1.82, 2.24) is 9.47 Å². The number of rotatable bonds is 6. The van der Waals surface area contributed by atoms with E-state index in [1.165, 1.54) is 42.0 Å². The molecule has 4 rings (SSSR count). The van der Waals surface area contributed by atoms with Crippen molar-refractivity contribution in [2.45, 2.75) is 31.4 Å². The zero-order valence-electron chi connectivity index (χ0n) is 19.9. The van der Waals surface area contributed by atoms with Crippen molar-refractivity contribution in [3.05, 3.63) is 94.2 Å². The van der Waals surface area contributed by atoms with E-state index >= 15 is 0 Å². The third-order valence-electron chi connectivity index (χ3n) is 6.58. The highest BCUT2D eigenvalue weighted by Gasteiger charge is 2.45. The van der Waals surface area contributed by atoms with E-state index in [1.807, 2.05) is 31.2 Å². The van der Waals surface area contributed by atoms with E-state index in [9.17, 15) is 18.8 Å². The van der Waals surface area contributed by atoms with Crippen LogP contribution in [0.5, 0.6) is 0 Å². The molecule has 3 aromatic rings. The number of amides is 1. The normalized spacial score (nSPS) is 18.6. The van der Waals surface area contributed by atoms with Crippen molar-refractivity contribution >= 4 is 12.1 Å². The number of aromatic nitrogens is 1. The summed E-state index contributed by atoms with van der Waals surface area (Å²) in [5.41, 5.74) is 2.03. The van der Waals surface area contributed by atoms with E-state index in [1.54, 1.807) is 24.2 Å². The zero-order valence-corrected chi connectivity index (χ0v) is 19.9. The molecule has 1 saturated heterocycles. The summed E-state index contributed by atoms with van der Waals surface area (Å²) in [5.74, 6) is -0.932. The third kappa shape index (κ3) is 4.96. The van der Waals surface area contributed by atoms with Crippen molar-refractivity contribution in [3.8, 4) is 11.1 Å². The number of nitrogens with zero attached hydrogens (tertiary/aromatic N) is 2. The summed E-state index contributed by atoms with van der Waals surface area (Å²) < 4.78 is 25.7. The van der Waals surface area contributed by atoms with Gasteiger partial charge in [-0.3, -0.25) is 9.59 Å². The van der Waals surface area contributed by atoms with Gasteiger partial charge in [-0.05, 0) is 47.4 Å². The molecule has 0 bridgehead atoms. The Bertz CT molecular complexity index is 1290. The highest BCUT2D eigenvalue weighted by Crippen LogP contribution is 2.40. The van der Waals surface area contributed by atoms with E-state index in [4.69, 9.17) is 9.47 Å². The molecule has 0 radical (unpaired) electrons. The van der Waals surface area contributed by atoms with Gasteiger partial charge in [0, 0.05) is 32.3 Å². The van der Waals surface area contributed by atoms with Crippen LogP contribution in [0.3, 0.4) is 0 Å². The Hall–Kier alpha value is -3.94. The molecule has 0 saturated carbocycles. The van der Waals surface area contributed by atoms with Gasteiger partial charge in [-0.1, -0.05) is 36.4 Å². The predicted octanol–water partition coefficient (Wildman–Crippen LogP) is 4.55. The number of carbonyl (C=O) groups excluding carboxylic acids is 2. The topological polar surface area (TPSA) is 77.8 Å². The molecular weight excluding hydrogens is 451 g/mol. The van der Waals surface area contributed by atoms with Crippen LogP contribution >= 0.6 is 0 Å². The first-order chi connectivity index (χ1) is 16.7. The lowest BCUT2D eigenvalue weighted by Crippen LogP contribution is -2.49. The molecule has 0 aliphatic carbocycles. The molecule has 35 heavy (non-hydrogen) atoms. The molecule has 1 amide bonds. The van der Waals surface area contributed by atoms with Gasteiger partial charge in [-0.2, -0.15) is 0 Å². The van der Waals surface area contributed by atoms with E-state index in [-0.39, 0.29) is 18.0 Å². The zero-order chi connectivity index (χ0) is 25.2. The van der Waals surface area contributed by atoms with Gasteiger partial charge >= 0.3 is 12.1 Å². The monoisotopic (exact) mass is 478 g/mol. The summed E-state index contributed by atoms with van der Waals surface area (Å²) in [5, 5.41) is 0. The number of halogens is 1. The lowest BCUT2D eigenvalue weighted by molar-refractivity contribution is -0.149. The fourth-order valence-corrected chi connectivity index (χ4v) is 4.41. The molecule has 2 heterocycles. The molecule has 8 heteroatoms. The second-order valence-electron chi connectivity index (χ2n) is 8.73. The second-order valence-corrected chi connectivity index (χ2v) is 8.73. The Labute approximate surface area is 202 Å². The maximum Gasteiger partial charge on any atom is 0.411 e. The molecule has 1 fully saturated rings. The molecule has 1 aromatic heterocycles. The number of pyridine rings is 1. The first kappa shape index (κ1) is 24.2. The number of aryl methyl sites for hydroxylation is 1. The lowest BCUT2D eigenvalue weighted by atomic mass is 9.85. The molecule has 0 N–H and O–H groups in total. The SMILES string of the molecule is COC(=O)CC1(c2ccc(F)cc2)CCN(C(C)c2ccc(-c3ccc(=O)n(C)c3)cc2)C(=O)O1. The minimum Gasteiger partial charge on any atom is -0.469 e.